The van der Waals surface area contributed by atoms with Gasteiger partial charge in [0.05, 0.1) is 5.69 Å². The number of aryl methyl sites for hydroxylation is 1. The lowest BCUT2D eigenvalue weighted by atomic mass is 10.6. The first kappa shape index (κ1) is 10.6. The molecule has 0 radical (unpaired) electrons. The number of hydrogen-bond donors (Lipinski definition) is 0. The van der Waals surface area contributed by atoms with Crippen molar-refractivity contribution in [3.8, 4) is 0 Å². The molecule has 0 unspecified atom stereocenters. The van der Waals surface area contributed by atoms with Gasteiger partial charge in [-0.25, -0.2) is 4.98 Å². The summed E-state index contributed by atoms with van der Waals surface area (Å²) in [7, 11) is 1.61. The molecule has 0 aliphatic heterocycles. The van der Waals surface area contributed by atoms with Crippen LogP contribution < -0.4 is 0 Å². The van der Waals surface area contributed by atoms with Crippen LogP contribution in [0.3, 0.4) is 0 Å². The Hall–Kier alpha value is -1.45. The van der Waals surface area contributed by atoms with E-state index in [-0.39, 0.29) is 6.15 Å². The Bertz CT molecular complexity index is 250. The summed E-state index contributed by atoms with van der Waals surface area (Å²) in [6, 6.07) is 0. The summed E-state index contributed by atoms with van der Waals surface area (Å²) >= 11 is 0. The molecule has 66 valence electrons. The molecule has 0 amide bonds. The summed E-state index contributed by atoms with van der Waals surface area (Å²) in [5.41, 5.74) is 0.891. The molecule has 5 heteroatoms. The molecule has 0 saturated heterocycles. The van der Waals surface area contributed by atoms with E-state index in [9.17, 15) is 0 Å². The fourth-order valence-electron chi connectivity index (χ4n) is 0.592. The minimum Gasteiger partial charge on any atom is -0.446 e. The van der Waals surface area contributed by atoms with Crippen LogP contribution in [0.4, 0.5) is 0 Å². The van der Waals surface area contributed by atoms with Crippen molar-refractivity contribution in [2.24, 2.45) is 0 Å². The highest BCUT2D eigenvalue weighted by atomic mass is 16.5. The Balaban J connectivity index is 0.000000354. The number of oxazole rings is 1. The van der Waals surface area contributed by atoms with Crippen molar-refractivity contribution < 1.29 is 18.7 Å². The standard InChI is InChI=1S/C6H9NO2.CO2/c1-5-3-9-6(7-5)4-8-2;2-1-3/h3H,4H2,1-2H3;. The van der Waals surface area contributed by atoms with Crippen LogP contribution in [0.15, 0.2) is 10.7 Å². The van der Waals surface area contributed by atoms with Crippen LogP contribution >= 0.6 is 0 Å². The molecule has 1 aromatic rings. The average molecular weight is 171 g/mol. The Labute approximate surface area is 69.3 Å². The predicted molar refractivity (Wildman–Crippen MR) is 37.0 cm³/mol. The largest absolute Gasteiger partial charge is 0.446 e. The van der Waals surface area contributed by atoms with Gasteiger partial charge in [-0.3, -0.25) is 0 Å². The maximum atomic E-state index is 8.12. The highest BCUT2D eigenvalue weighted by Gasteiger charge is 1.96. The summed E-state index contributed by atoms with van der Waals surface area (Å²) in [4.78, 5) is 20.3. The van der Waals surface area contributed by atoms with Gasteiger partial charge in [-0.05, 0) is 6.92 Å². The summed E-state index contributed by atoms with van der Waals surface area (Å²) in [6.07, 6.45) is 1.86. The second kappa shape index (κ2) is 6.27. The Morgan fingerprint density at radius 2 is 2.25 bits per heavy atom. The van der Waals surface area contributed by atoms with Crippen molar-refractivity contribution >= 4 is 6.15 Å². The van der Waals surface area contributed by atoms with Gasteiger partial charge in [-0.1, -0.05) is 0 Å². The molecule has 0 saturated carbocycles. The Morgan fingerprint density at radius 1 is 1.67 bits per heavy atom. The molecular formula is C7H9NO4. The number of rotatable bonds is 2. The van der Waals surface area contributed by atoms with Gasteiger partial charge in [0.25, 0.3) is 0 Å². The van der Waals surface area contributed by atoms with Gasteiger partial charge in [-0.2, -0.15) is 9.59 Å². The molecule has 12 heavy (non-hydrogen) atoms. The van der Waals surface area contributed by atoms with Crippen LogP contribution in [0.25, 0.3) is 0 Å². The van der Waals surface area contributed by atoms with Crippen molar-refractivity contribution in [1.82, 2.24) is 4.98 Å². The van der Waals surface area contributed by atoms with Gasteiger partial charge in [-0.15, -0.1) is 0 Å². The van der Waals surface area contributed by atoms with Gasteiger partial charge in [0, 0.05) is 7.11 Å². The van der Waals surface area contributed by atoms with Crippen LogP contribution in [0.2, 0.25) is 0 Å². The van der Waals surface area contributed by atoms with Crippen molar-refractivity contribution in [2.75, 3.05) is 7.11 Å². The topological polar surface area (TPSA) is 69.4 Å². The van der Waals surface area contributed by atoms with E-state index in [0.717, 1.165) is 5.69 Å². The quantitative estimate of drug-likeness (QED) is 0.649. The summed E-state index contributed by atoms with van der Waals surface area (Å²) in [5.74, 6) is 0.634. The molecule has 0 spiro atoms. The lowest BCUT2D eigenvalue weighted by molar-refractivity contribution is -0.191. The zero-order valence-corrected chi connectivity index (χ0v) is 6.86. The highest BCUT2D eigenvalue weighted by Crippen LogP contribution is 2.00. The highest BCUT2D eigenvalue weighted by molar-refractivity contribution is 5.20. The predicted octanol–water partition coefficient (Wildman–Crippen LogP) is 0.546. The fraction of sp³-hybridized carbons (Fsp3) is 0.429. The van der Waals surface area contributed by atoms with Crippen molar-refractivity contribution in [1.29, 1.82) is 0 Å². The minimum atomic E-state index is 0.250. The van der Waals surface area contributed by atoms with E-state index < -0.39 is 0 Å². The molecule has 1 rings (SSSR count). The first-order valence-electron chi connectivity index (χ1n) is 3.13. The molecule has 5 nitrogen and oxygen atoms in total. The third kappa shape index (κ3) is 4.38. The van der Waals surface area contributed by atoms with E-state index in [1.807, 2.05) is 6.92 Å². The van der Waals surface area contributed by atoms with Crippen LogP contribution in [0.5, 0.6) is 0 Å². The molecule has 0 N–H and O–H groups in total. The molecule has 0 aliphatic carbocycles. The molecule has 0 atom stereocenters. The first-order valence-corrected chi connectivity index (χ1v) is 3.13. The number of methoxy groups -OCH3 is 1. The fourth-order valence-corrected chi connectivity index (χ4v) is 0.592. The normalized spacial score (nSPS) is 8.17. The van der Waals surface area contributed by atoms with E-state index in [4.69, 9.17) is 18.7 Å². The van der Waals surface area contributed by atoms with Crippen LogP contribution in [0, 0.1) is 6.92 Å². The molecule has 0 aliphatic rings. The zero-order chi connectivity index (χ0) is 9.40. The molecule has 1 aromatic heterocycles. The third-order valence-corrected chi connectivity index (χ3v) is 0.934. The van der Waals surface area contributed by atoms with Gasteiger partial charge >= 0.3 is 6.15 Å². The van der Waals surface area contributed by atoms with Crippen LogP contribution in [-0.4, -0.2) is 18.2 Å². The number of ether oxygens (including phenoxy) is 1. The summed E-state index contributed by atoms with van der Waals surface area (Å²) in [6.45, 7) is 2.33. The summed E-state index contributed by atoms with van der Waals surface area (Å²) < 4.78 is 9.75. The van der Waals surface area contributed by atoms with Crippen molar-refractivity contribution in [3.05, 3.63) is 17.8 Å². The molecular weight excluding hydrogens is 162 g/mol. The number of aromatic nitrogens is 1. The maximum Gasteiger partial charge on any atom is 0.373 e. The second-order valence-electron chi connectivity index (χ2n) is 1.90. The molecule has 0 aromatic carbocycles. The van der Waals surface area contributed by atoms with Crippen LogP contribution in [0.1, 0.15) is 11.6 Å². The smallest absolute Gasteiger partial charge is 0.373 e. The third-order valence-electron chi connectivity index (χ3n) is 0.934. The van der Waals surface area contributed by atoms with Crippen molar-refractivity contribution in [2.45, 2.75) is 13.5 Å². The average Bonchev–Trinajstić information content (AvgIpc) is 2.38. The van der Waals surface area contributed by atoms with E-state index in [2.05, 4.69) is 4.98 Å². The summed E-state index contributed by atoms with van der Waals surface area (Å²) in [5, 5.41) is 0. The van der Waals surface area contributed by atoms with E-state index in [1.165, 1.54) is 0 Å². The second-order valence-corrected chi connectivity index (χ2v) is 1.90. The van der Waals surface area contributed by atoms with Gasteiger partial charge < -0.3 is 9.15 Å². The monoisotopic (exact) mass is 171 g/mol. The van der Waals surface area contributed by atoms with E-state index >= 15 is 0 Å². The lowest BCUT2D eigenvalue weighted by Crippen LogP contribution is -1.85. The van der Waals surface area contributed by atoms with E-state index in [1.54, 1.807) is 13.4 Å². The minimum absolute atomic E-state index is 0.250. The van der Waals surface area contributed by atoms with E-state index in [0.29, 0.717) is 12.5 Å². The SMILES string of the molecule is COCc1nc(C)co1.O=C=O. The first-order chi connectivity index (χ1) is 5.74. The van der Waals surface area contributed by atoms with Gasteiger partial charge in [0.2, 0.25) is 5.89 Å². The van der Waals surface area contributed by atoms with Gasteiger partial charge in [0.15, 0.2) is 0 Å². The Kier molecular flexibility index (Phi) is 5.51. The van der Waals surface area contributed by atoms with Gasteiger partial charge in [0.1, 0.15) is 12.9 Å². The lowest BCUT2D eigenvalue weighted by Gasteiger charge is -1.87. The molecule has 0 fully saturated rings. The number of hydrogen-bond acceptors (Lipinski definition) is 5. The zero-order valence-electron chi connectivity index (χ0n) is 6.86. The molecule has 1 heterocycles. The Morgan fingerprint density at radius 3 is 2.58 bits per heavy atom. The number of nitrogens with zero attached hydrogens (tertiary/aromatic N) is 1. The van der Waals surface area contributed by atoms with Crippen molar-refractivity contribution in [3.63, 3.8) is 0 Å². The molecule has 0 bridgehead atoms. The maximum absolute atomic E-state index is 8.12. The van der Waals surface area contributed by atoms with Crippen LogP contribution in [-0.2, 0) is 20.9 Å². The number of carbonyl (C=O) groups excluding carboxylic acids is 2.